The zero-order valence-electron chi connectivity index (χ0n) is 19.5. The molecule has 1 aromatic heterocycles. The molecule has 1 aliphatic heterocycles. The van der Waals surface area contributed by atoms with Crippen LogP contribution >= 0.6 is 0 Å². The summed E-state index contributed by atoms with van der Waals surface area (Å²) in [4.78, 5) is 7.24. The molecule has 1 aliphatic carbocycles. The van der Waals surface area contributed by atoms with E-state index in [1.807, 2.05) is 32.9 Å². The van der Waals surface area contributed by atoms with Crippen LogP contribution in [0.4, 0.5) is 0 Å². The lowest BCUT2D eigenvalue weighted by molar-refractivity contribution is 0.124. The molecule has 4 rings (SSSR count). The minimum atomic E-state index is -3.54. The standard InChI is InChI=1S/C23H34N4O3S/c1-15-13-19(23(4,5)6)14-16(2)20(15)31(28,29)27-11-9-26(10-12-27)17(3)22-24-21(25-30-22)18-7-8-18/h13-14,17-18H,7-12H2,1-6H3. The van der Waals surface area contributed by atoms with Gasteiger partial charge in [-0.05, 0) is 55.7 Å². The highest BCUT2D eigenvalue weighted by molar-refractivity contribution is 7.89. The summed E-state index contributed by atoms with van der Waals surface area (Å²) in [6.07, 6.45) is 2.28. The molecule has 1 saturated carbocycles. The Kier molecular flexibility index (Phi) is 5.77. The maximum atomic E-state index is 13.5. The zero-order chi connectivity index (χ0) is 22.6. The van der Waals surface area contributed by atoms with Gasteiger partial charge in [0, 0.05) is 32.1 Å². The molecule has 1 saturated heterocycles. The van der Waals surface area contributed by atoms with Crippen molar-refractivity contribution in [2.75, 3.05) is 26.2 Å². The lowest BCUT2D eigenvalue weighted by Crippen LogP contribution is -2.49. The van der Waals surface area contributed by atoms with Gasteiger partial charge in [-0.1, -0.05) is 38.1 Å². The van der Waals surface area contributed by atoms with Crippen molar-refractivity contribution in [1.29, 1.82) is 0 Å². The summed E-state index contributed by atoms with van der Waals surface area (Å²) in [5, 5.41) is 4.11. The number of piperazine rings is 1. The molecular weight excluding hydrogens is 412 g/mol. The van der Waals surface area contributed by atoms with Gasteiger partial charge in [0.05, 0.1) is 10.9 Å². The third-order valence-electron chi connectivity index (χ3n) is 6.50. The van der Waals surface area contributed by atoms with Gasteiger partial charge in [-0.15, -0.1) is 0 Å². The number of benzene rings is 1. The minimum absolute atomic E-state index is 0.0144. The zero-order valence-corrected chi connectivity index (χ0v) is 20.3. The van der Waals surface area contributed by atoms with Crippen molar-refractivity contribution in [3.05, 3.63) is 40.5 Å². The van der Waals surface area contributed by atoms with E-state index in [9.17, 15) is 8.42 Å². The third kappa shape index (κ3) is 4.43. The maximum absolute atomic E-state index is 13.5. The quantitative estimate of drug-likeness (QED) is 0.692. The van der Waals surface area contributed by atoms with E-state index < -0.39 is 10.0 Å². The molecule has 2 fully saturated rings. The first-order valence-electron chi connectivity index (χ1n) is 11.2. The Balaban J connectivity index is 1.47. The van der Waals surface area contributed by atoms with Crippen LogP contribution in [0, 0.1) is 13.8 Å². The summed E-state index contributed by atoms with van der Waals surface area (Å²) < 4.78 is 34.1. The lowest BCUT2D eigenvalue weighted by atomic mass is 9.85. The van der Waals surface area contributed by atoms with Gasteiger partial charge >= 0.3 is 0 Å². The minimum Gasteiger partial charge on any atom is -0.338 e. The van der Waals surface area contributed by atoms with Gasteiger partial charge in [0.25, 0.3) is 0 Å². The van der Waals surface area contributed by atoms with E-state index in [0.29, 0.717) is 42.9 Å². The number of aromatic nitrogens is 2. The van der Waals surface area contributed by atoms with Crippen LogP contribution in [0.2, 0.25) is 0 Å². The fourth-order valence-electron chi connectivity index (χ4n) is 4.33. The molecule has 0 radical (unpaired) electrons. The summed E-state index contributed by atoms with van der Waals surface area (Å²) in [5.41, 5.74) is 2.77. The Morgan fingerprint density at radius 3 is 2.16 bits per heavy atom. The van der Waals surface area contributed by atoms with Crippen LogP contribution in [0.5, 0.6) is 0 Å². The summed E-state index contributed by atoms with van der Waals surface area (Å²) in [5.74, 6) is 1.90. The van der Waals surface area contributed by atoms with E-state index >= 15 is 0 Å². The third-order valence-corrected chi connectivity index (χ3v) is 8.71. The molecule has 0 N–H and O–H groups in total. The largest absolute Gasteiger partial charge is 0.338 e. The molecule has 31 heavy (non-hydrogen) atoms. The van der Waals surface area contributed by atoms with Crippen molar-refractivity contribution in [3.63, 3.8) is 0 Å². The van der Waals surface area contributed by atoms with E-state index in [-0.39, 0.29) is 11.5 Å². The Labute approximate surface area is 185 Å². The summed E-state index contributed by atoms with van der Waals surface area (Å²) >= 11 is 0. The highest BCUT2D eigenvalue weighted by atomic mass is 32.2. The van der Waals surface area contributed by atoms with Crippen molar-refractivity contribution in [3.8, 4) is 0 Å². The van der Waals surface area contributed by atoms with Crippen LogP contribution in [-0.4, -0.2) is 53.9 Å². The SMILES string of the molecule is Cc1cc(C(C)(C)C)cc(C)c1S(=O)(=O)N1CCN(C(C)c2nc(C3CC3)no2)CC1. The van der Waals surface area contributed by atoms with Gasteiger partial charge < -0.3 is 4.52 Å². The highest BCUT2D eigenvalue weighted by Gasteiger charge is 2.35. The fraction of sp³-hybridized carbons (Fsp3) is 0.652. The van der Waals surface area contributed by atoms with Crippen molar-refractivity contribution < 1.29 is 12.9 Å². The van der Waals surface area contributed by atoms with Gasteiger partial charge in [-0.3, -0.25) is 4.90 Å². The Morgan fingerprint density at radius 1 is 1.06 bits per heavy atom. The fourth-order valence-corrected chi connectivity index (χ4v) is 6.16. The molecule has 1 atom stereocenters. The lowest BCUT2D eigenvalue weighted by Gasteiger charge is -2.36. The molecule has 1 aromatic carbocycles. The molecule has 0 amide bonds. The van der Waals surface area contributed by atoms with E-state index in [1.165, 1.54) is 0 Å². The van der Waals surface area contributed by atoms with E-state index in [0.717, 1.165) is 35.4 Å². The van der Waals surface area contributed by atoms with Crippen molar-refractivity contribution in [1.82, 2.24) is 19.3 Å². The van der Waals surface area contributed by atoms with Gasteiger partial charge in [0.15, 0.2) is 5.82 Å². The van der Waals surface area contributed by atoms with Crippen molar-refractivity contribution >= 4 is 10.0 Å². The second kappa shape index (κ2) is 7.98. The molecule has 2 aliphatic rings. The first-order valence-corrected chi connectivity index (χ1v) is 12.6. The molecule has 1 unspecified atom stereocenters. The average Bonchev–Trinajstić information content (AvgIpc) is 3.43. The Hall–Kier alpha value is -1.77. The normalized spacial score (nSPS) is 20.2. The van der Waals surface area contributed by atoms with Crippen molar-refractivity contribution in [2.45, 2.75) is 76.7 Å². The van der Waals surface area contributed by atoms with E-state index in [4.69, 9.17) is 4.52 Å². The predicted octanol–water partition coefficient (Wildman–Crippen LogP) is 3.93. The topological polar surface area (TPSA) is 79.5 Å². The van der Waals surface area contributed by atoms with Gasteiger partial charge in [0.2, 0.25) is 15.9 Å². The smallest absolute Gasteiger partial charge is 0.243 e. The second-order valence-electron chi connectivity index (χ2n) is 10.1. The molecule has 0 bridgehead atoms. The molecule has 170 valence electrons. The summed E-state index contributed by atoms with van der Waals surface area (Å²) in [6, 6.07) is 4.02. The second-order valence-corrected chi connectivity index (χ2v) is 11.9. The monoisotopic (exact) mass is 446 g/mol. The number of sulfonamides is 1. The molecule has 7 nitrogen and oxygen atoms in total. The molecule has 8 heteroatoms. The molecule has 2 aromatic rings. The van der Waals surface area contributed by atoms with Crippen LogP contribution in [-0.2, 0) is 15.4 Å². The first kappa shape index (κ1) is 22.4. The van der Waals surface area contributed by atoms with E-state index in [1.54, 1.807) is 4.31 Å². The number of aryl methyl sites for hydroxylation is 2. The summed E-state index contributed by atoms with van der Waals surface area (Å²) in [7, 11) is -3.54. The Bertz CT molecular complexity index is 1040. The number of rotatable bonds is 5. The molecule has 0 spiro atoms. The molecule has 2 heterocycles. The van der Waals surface area contributed by atoms with Crippen LogP contribution in [0.3, 0.4) is 0 Å². The van der Waals surface area contributed by atoms with Crippen LogP contribution in [0.15, 0.2) is 21.6 Å². The van der Waals surface area contributed by atoms with Gasteiger partial charge in [-0.25, -0.2) is 8.42 Å². The van der Waals surface area contributed by atoms with Crippen molar-refractivity contribution in [2.24, 2.45) is 0 Å². The Morgan fingerprint density at radius 2 is 1.65 bits per heavy atom. The van der Waals surface area contributed by atoms with Crippen LogP contribution < -0.4 is 0 Å². The number of nitrogens with zero attached hydrogens (tertiary/aromatic N) is 4. The number of hydrogen-bond acceptors (Lipinski definition) is 6. The predicted molar refractivity (Wildman–Crippen MR) is 120 cm³/mol. The maximum Gasteiger partial charge on any atom is 0.243 e. The number of hydrogen-bond donors (Lipinski definition) is 0. The van der Waals surface area contributed by atoms with Crippen LogP contribution in [0.1, 0.15) is 80.9 Å². The summed E-state index contributed by atoms with van der Waals surface area (Å²) in [6.45, 7) is 14.5. The van der Waals surface area contributed by atoms with Gasteiger partial charge in [0.1, 0.15) is 0 Å². The average molecular weight is 447 g/mol. The molecular formula is C23H34N4O3S. The highest BCUT2D eigenvalue weighted by Crippen LogP contribution is 2.39. The first-order chi connectivity index (χ1) is 14.5. The van der Waals surface area contributed by atoms with Gasteiger partial charge in [-0.2, -0.15) is 9.29 Å². The van der Waals surface area contributed by atoms with Crippen LogP contribution in [0.25, 0.3) is 0 Å². The van der Waals surface area contributed by atoms with E-state index in [2.05, 4.69) is 35.8 Å².